The van der Waals surface area contributed by atoms with Crippen LogP contribution in [-0.4, -0.2) is 9.97 Å². The maximum absolute atomic E-state index is 9.65. The average Bonchev–Trinajstić information content (AvgIpc) is 3.46. The Labute approximate surface area is 310 Å². The summed E-state index contributed by atoms with van der Waals surface area (Å²) in [6.07, 6.45) is 1.85. The van der Waals surface area contributed by atoms with Crippen molar-refractivity contribution in [3.05, 3.63) is 193 Å². The molecule has 0 atom stereocenters. The molecule has 0 aliphatic heterocycles. The molecule has 1 aliphatic carbocycles. The van der Waals surface area contributed by atoms with Gasteiger partial charge in [-0.05, 0) is 116 Å². The average molecular weight is 678 g/mol. The van der Waals surface area contributed by atoms with Crippen molar-refractivity contribution in [1.82, 2.24) is 9.97 Å². The van der Waals surface area contributed by atoms with E-state index in [2.05, 4.69) is 159 Å². The van der Waals surface area contributed by atoms with E-state index in [0.717, 1.165) is 56.0 Å². The van der Waals surface area contributed by atoms with Gasteiger partial charge in [-0.3, -0.25) is 4.98 Å². The number of nitrogens with zero attached hydrogens (tertiary/aromatic N) is 3. The van der Waals surface area contributed by atoms with Crippen molar-refractivity contribution in [2.24, 2.45) is 0 Å². The molecular formula is C50H35N3. The zero-order chi connectivity index (χ0) is 35.9. The summed E-state index contributed by atoms with van der Waals surface area (Å²) in [7, 11) is 0. The summed E-state index contributed by atoms with van der Waals surface area (Å²) >= 11 is 0. The molecule has 0 saturated carbocycles. The summed E-state index contributed by atoms with van der Waals surface area (Å²) in [5.74, 6) is 0. The predicted octanol–water partition coefficient (Wildman–Crippen LogP) is 12.7. The Balaban J connectivity index is 1.20. The van der Waals surface area contributed by atoms with Crippen LogP contribution in [-0.2, 0) is 5.41 Å². The predicted molar refractivity (Wildman–Crippen MR) is 217 cm³/mol. The number of hydrogen-bond acceptors (Lipinski definition) is 3. The maximum Gasteiger partial charge on any atom is 0.0991 e. The molecule has 3 heteroatoms. The van der Waals surface area contributed by atoms with Crippen molar-refractivity contribution >= 4 is 0 Å². The van der Waals surface area contributed by atoms with Crippen molar-refractivity contribution in [3.63, 3.8) is 0 Å². The minimum Gasteiger partial charge on any atom is -0.256 e. The monoisotopic (exact) mass is 677 g/mol. The van der Waals surface area contributed by atoms with Crippen LogP contribution in [0, 0.1) is 11.3 Å². The van der Waals surface area contributed by atoms with E-state index in [-0.39, 0.29) is 5.41 Å². The molecule has 0 saturated heterocycles. The van der Waals surface area contributed by atoms with Gasteiger partial charge in [0.15, 0.2) is 0 Å². The number of rotatable bonds is 6. The van der Waals surface area contributed by atoms with Crippen molar-refractivity contribution in [2.75, 3.05) is 0 Å². The summed E-state index contributed by atoms with van der Waals surface area (Å²) in [4.78, 5) is 10.1. The third kappa shape index (κ3) is 5.91. The third-order valence-electron chi connectivity index (χ3n) is 10.5. The first-order chi connectivity index (χ1) is 25.9. The SMILES string of the molecule is CC1(C)c2cc(C#N)ccc2-c2ccc(-c3cc(-c4ccccn4)cc(-c4cc(-c5ccccc5)cc(-c5ccc(-c6ccccc6)cc5)n4)c3)cc21. The highest BCUT2D eigenvalue weighted by Crippen LogP contribution is 2.50. The molecule has 0 spiro atoms. The first-order valence-electron chi connectivity index (χ1n) is 17.9. The molecule has 2 heterocycles. The van der Waals surface area contributed by atoms with Gasteiger partial charge in [-0.2, -0.15) is 5.26 Å². The van der Waals surface area contributed by atoms with E-state index in [1.165, 1.54) is 33.4 Å². The fourth-order valence-electron chi connectivity index (χ4n) is 7.70. The molecule has 6 aromatic carbocycles. The van der Waals surface area contributed by atoms with E-state index < -0.39 is 0 Å². The van der Waals surface area contributed by atoms with Gasteiger partial charge in [-0.25, -0.2) is 4.98 Å². The Morgan fingerprint density at radius 3 is 1.58 bits per heavy atom. The van der Waals surface area contributed by atoms with Crippen molar-refractivity contribution in [1.29, 1.82) is 5.26 Å². The number of benzene rings is 6. The van der Waals surface area contributed by atoms with E-state index in [9.17, 15) is 5.26 Å². The van der Waals surface area contributed by atoms with Crippen LogP contribution >= 0.6 is 0 Å². The summed E-state index contributed by atoms with van der Waals surface area (Å²) in [6, 6.07) is 62.0. The molecule has 0 N–H and O–H groups in total. The third-order valence-corrected chi connectivity index (χ3v) is 10.5. The lowest BCUT2D eigenvalue weighted by molar-refractivity contribution is 0.660. The lowest BCUT2D eigenvalue weighted by Gasteiger charge is -2.22. The number of hydrogen-bond donors (Lipinski definition) is 0. The molecule has 0 unspecified atom stereocenters. The molecule has 1 aliphatic rings. The van der Waals surface area contributed by atoms with E-state index >= 15 is 0 Å². The van der Waals surface area contributed by atoms with Gasteiger partial charge in [0.1, 0.15) is 0 Å². The smallest absolute Gasteiger partial charge is 0.0991 e. The summed E-state index contributed by atoms with van der Waals surface area (Å²) in [5.41, 5.74) is 18.0. The Morgan fingerprint density at radius 1 is 0.415 bits per heavy atom. The zero-order valence-electron chi connectivity index (χ0n) is 29.6. The second kappa shape index (κ2) is 13.0. The molecule has 53 heavy (non-hydrogen) atoms. The molecule has 250 valence electrons. The van der Waals surface area contributed by atoms with Crippen molar-refractivity contribution in [2.45, 2.75) is 19.3 Å². The fraction of sp³-hybridized carbons (Fsp3) is 0.0600. The van der Waals surface area contributed by atoms with Crippen LogP contribution < -0.4 is 0 Å². The molecule has 0 amide bonds. The van der Waals surface area contributed by atoms with Crippen molar-refractivity contribution < 1.29 is 0 Å². The highest BCUT2D eigenvalue weighted by atomic mass is 14.7. The Hall–Kier alpha value is -6.89. The second-order valence-corrected chi connectivity index (χ2v) is 14.2. The van der Waals surface area contributed by atoms with Gasteiger partial charge < -0.3 is 0 Å². The number of aromatic nitrogens is 2. The summed E-state index contributed by atoms with van der Waals surface area (Å²) < 4.78 is 0. The first kappa shape index (κ1) is 32.0. The number of nitriles is 1. The zero-order valence-corrected chi connectivity index (χ0v) is 29.6. The van der Waals surface area contributed by atoms with E-state index in [4.69, 9.17) is 9.97 Å². The Morgan fingerprint density at radius 2 is 0.925 bits per heavy atom. The van der Waals surface area contributed by atoms with E-state index in [1.807, 2.05) is 36.5 Å². The van der Waals surface area contributed by atoms with E-state index in [1.54, 1.807) is 0 Å². The minimum absolute atomic E-state index is 0.245. The summed E-state index contributed by atoms with van der Waals surface area (Å²) in [6.45, 7) is 4.51. The molecular weight excluding hydrogens is 643 g/mol. The lowest BCUT2D eigenvalue weighted by atomic mass is 9.81. The van der Waals surface area contributed by atoms with Gasteiger partial charge in [0.2, 0.25) is 0 Å². The fourth-order valence-corrected chi connectivity index (χ4v) is 7.70. The summed E-state index contributed by atoms with van der Waals surface area (Å²) in [5, 5.41) is 9.65. The molecule has 0 radical (unpaired) electrons. The minimum atomic E-state index is -0.245. The molecule has 9 rings (SSSR count). The molecule has 0 bridgehead atoms. The second-order valence-electron chi connectivity index (χ2n) is 14.2. The highest BCUT2D eigenvalue weighted by molar-refractivity contribution is 5.87. The highest BCUT2D eigenvalue weighted by Gasteiger charge is 2.35. The first-order valence-corrected chi connectivity index (χ1v) is 17.9. The van der Waals surface area contributed by atoms with Crippen LogP contribution in [0.2, 0.25) is 0 Å². The van der Waals surface area contributed by atoms with Gasteiger partial charge in [-0.1, -0.05) is 123 Å². The normalized spacial score (nSPS) is 12.5. The van der Waals surface area contributed by atoms with Crippen LogP contribution in [0.1, 0.15) is 30.5 Å². The van der Waals surface area contributed by atoms with Gasteiger partial charge in [0, 0.05) is 28.3 Å². The van der Waals surface area contributed by atoms with Crippen LogP contribution in [0.3, 0.4) is 0 Å². The van der Waals surface area contributed by atoms with Crippen LogP contribution in [0.5, 0.6) is 0 Å². The van der Waals surface area contributed by atoms with E-state index in [0.29, 0.717) is 5.56 Å². The standard InChI is InChI=1S/C50H35N3/c1-50(2)45-25-33(32-51)16-22-43(45)44-23-21-38(29-46(44)50)39-26-41(47-15-9-10-24-52-47)28-42(27-39)49-31-40(35-13-7-4-8-14-35)30-48(53-49)37-19-17-36(18-20-37)34-11-5-3-6-12-34/h3-31H,1-2H3. The van der Waals surface area contributed by atoms with Crippen LogP contribution in [0.25, 0.3) is 78.3 Å². The van der Waals surface area contributed by atoms with Crippen LogP contribution in [0.15, 0.2) is 176 Å². The molecule has 3 nitrogen and oxygen atoms in total. The molecule has 8 aromatic rings. The Bertz CT molecular complexity index is 2670. The number of fused-ring (bicyclic) bond motifs is 3. The number of pyridine rings is 2. The maximum atomic E-state index is 9.65. The topological polar surface area (TPSA) is 49.6 Å². The largest absolute Gasteiger partial charge is 0.256 e. The van der Waals surface area contributed by atoms with Gasteiger partial charge >= 0.3 is 0 Å². The molecule has 0 fully saturated rings. The van der Waals surface area contributed by atoms with Gasteiger partial charge in [0.05, 0.1) is 28.7 Å². The quantitative estimate of drug-likeness (QED) is 0.176. The van der Waals surface area contributed by atoms with Gasteiger partial charge in [0.25, 0.3) is 0 Å². The van der Waals surface area contributed by atoms with Gasteiger partial charge in [-0.15, -0.1) is 0 Å². The van der Waals surface area contributed by atoms with Crippen LogP contribution in [0.4, 0.5) is 0 Å². The Kier molecular flexibility index (Phi) is 7.87. The molecule has 2 aromatic heterocycles. The lowest BCUT2D eigenvalue weighted by Crippen LogP contribution is -2.15. The van der Waals surface area contributed by atoms with Crippen molar-refractivity contribution in [3.8, 4) is 84.3 Å².